The van der Waals surface area contributed by atoms with Crippen molar-refractivity contribution in [3.05, 3.63) is 29.3 Å². The van der Waals surface area contributed by atoms with Gasteiger partial charge in [-0.3, -0.25) is 4.79 Å². The molecule has 1 aromatic rings. The Bertz CT molecular complexity index is 544. The highest BCUT2D eigenvalue weighted by atomic mass is 16.5. The Morgan fingerprint density at radius 2 is 2.19 bits per heavy atom. The number of carbonyl (C=O) groups is 1. The molecule has 1 atom stereocenters. The van der Waals surface area contributed by atoms with Crippen molar-refractivity contribution in [2.45, 2.75) is 13.0 Å². The summed E-state index contributed by atoms with van der Waals surface area (Å²) in [5, 5.41) is 11.7. The summed E-state index contributed by atoms with van der Waals surface area (Å²) < 4.78 is 5.18. The summed E-state index contributed by atoms with van der Waals surface area (Å²) >= 11 is 0. The summed E-state index contributed by atoms with van der Waals surface area (Å²) in [5.41, 5.74) is 1.10. The third-order valence-corrected chi connectivity index (χ3v) is 3.20. The molecule has 0 aliphatic heterocycles. The molecular weight excluding hydrogens is 268 g/mol. The highest BCUT2D eigenvalue weighted by Gasteiger charge is 2.11. The third kappa shape index (κ3) is 5.10. The number of aliphatic hydroxyl groups excluding tert-OH is 1. The molecule has 0 radical (unpaired) electrons. The molecule has 5 heteroatoms. The number of ether oxygens (including phenoxy) is 1. The number of hydrogen-bond donors (Lipinski definition) is 2. The van der Waals surface area contributed by atoms with Gasteiger partial charge in [0.05, 0.1) is 12.7 Å². The van der Waals surface area contributed by atoms with Gasteiger partial charge in [-0.05, 0) is 39.2 Å². The van der Waals surface area contributed by atoms with E-state index in [0.717, 1.165) is 0 Å². The molecule has 21 heavy (non-hydrogen) atoms. The molecule has 1 rings (SSSR count). The first-order valence-corrected chi connectivity index (χ1v) is 6.72. The van der Waals surface area contributed by atoms with Crippen LogP contribution in [0.3, 0.4) is 0 Å². The van der Waals surface area contributed by atoms with Crippen molar-refractivity contribution < 1.29 is 14.6 Å². The Morgan fingerprint density at radius 1 is 1.48 bits per heavy atom. The highest BCUT2D eigenvalue weighted by Crippen LogP contribution is 2.18. The SMILES string of the molecule is COc1ccc(C(=O)NCC(C)N(C)C)cc1C#CCO. The van der Waals surface area contributed by atoms with Crippen molar-refractivity contribution in [2.24, 2.45) is 0 Å². The second-order valence-corrected chi connectivity index (χ2v) is 4.90. The Kier molecular flexibility index (Phi) is 6.73. The molecule has 114 valence electrons. The summed E-state index contributed by atoms with van der Waals surface area (Å²) in [6, 6.07) is 5.31. The number of hydrogen-bond acceptors (Lipinski definition) is 4. The second kappa shape index (κ2) is 8.30. The predicted octanol–water partition coefficient (Wildman–Crippen LogP) is 0.719. The van der Waals surface area contributed by atoms with Crippen LogP contribution in [0.5, 0.6) is 5.75 Å². The molecule has 5 nitrogen and oxygen atoms in total. The van der Waals surface area contributed by atoms with Gasteiger partial charge >= 0.3 is 0 Å². The van der Waals surface area contributed by atoms with Gasteiger partial charge in [-0.2, -0.15) is 0 Å². The van der Waals surface area contributed by atoms with Gasteiger partial charge in [-0.15, -0.1) is 0 Å². The number of methoxy groups -OCH3 is 1. The Balaban J connectivity index is 2.85. The summed E-state index contributed by atoms with van der Waals surface area (Å²) in [5.74, 6) is 5.76. The molecule has 1 aromatic carbocycles. The minimum Gasteiger partial charge on any atom is -0.495 e. The van der Waals surface area contributed by atoms with Crippen LogP contribution in [-0.2, 0) is 0 Å². The summed E-state index contributed by atoms with van der Waals surface area (Å²) in [7, 11) is 5.47. The minimum absolute atomic E-state index is 0.154. The van der Waals surface area contributed by atoms with E-state index in [9.17, 15) is 4.79 Å². The van der Waals surface area contributed by atoms with Gasteiger partial charge in [0.2, 0.25) is 0 Å². The molecule has 0 aromatic heterocycles. The van der Waals surface area contributed by atoms with Gasteiger partial charge in [-0.25, -0.2) is 0 Å². The van der Waals surface area contributed by atoms with Crippen molar-refractivity contribution in [3.63, 3.8) is 0 Å². The summed E-state index contributed by atoms with van der Waals surface area (Å²) in [6.45, 7) is 2.36. The van der Waals surface area contributed by atoms with Crippen molar-refractivity contribution in [1.82, 2.24) is 10.2 Å². The van der Waals surface area contributed by atoms with E-state index in [1.807, 2.05) is 25.9 Å². The molecule has 0 spiro atoms. The Labute approximate surface area is 125 Å². The average Bonchev–Trinajstić information content (AvgIpc) is 2.49. The fourth-order valence-electron chi connectivity index (χ4n) is 1.61. The lowest BCUT2D eigenvalue weighted by Gasteiger charge is -2.20. The number of aliphatic hydroxyl groups is 1. The van der Waals surface area contributed by atoms with E-state index in [4.69, 9.17) is 9.84 Å². The topological polar surface area (TPSA) is 61.8 Å². The van der Waals surface area contributed by atoms with E-state index in [2.05, 4.69) is 17.2 Å². The first-order valence-electron chi connectivity index (χ1n) is 6.72. The molecule has 0 aliphatic carbocycles. The number of nitrogens with one attached hydrogen (secondary N) is 1. The van der Waals surface area contributed by atoms with Crippen molar-refractivity contribution in [3.8, 4) is 17.6 Å². The highest BCUT2D eigenvalue weighted by molar-refractivity contribution is 5.94. The number of rotatable bonds is 5. The normalized spacial score (nSPS) is 11.5. The van der Waals surface area contributed by atoms with Crippen molar-refractivity contribution in [2.75, 3.05) is 34.4 Å². The monoisotopic (exact) mass is 290 g/mol. The van der Waals surface area contributed by atoms with Crippen LogP contribution in [0.1, 0.15) is 22.8 Å². The molecule has 1 amide bonds. The van der Waals surface area contributed by atoms with Gasteiger partial charge in [0.15, 0.2) is 0 Å². The zero-order valence-electron chi connectivity index (χ0n) is 12.9. The van der Waals surface area contributed by atoms with Crippen LogP contribution >= 0.6 is 0 Å². The fraction of sp³-hybridized carbons (Fsp3) is 0.438. The zero-order chi connectivity index (χ0) is 15.8. The Hall–Kier alpha value is -2.03. The molecule has 0 saturated heterocycles. The lowest BCUT2D eigenvalue weighted by Crippen LogP contribution is -2.38. The van der Waals surface area contributed by atoms with Crippen LogP contribution in [0, 0.1) is 11.8 Å². The van der Waals surface area contributed by atoms with Crippen LogP contribution in [0.25, 0.3) is 0 Å². The molecule has 0 fully saturated rings. The van der Waals surface area contributed by atoms with Crippen LogP contribution in [0.15, 0.2) is 18.2 Å². The number of amides is 1. The third-order valence-electron chi connectivity index (χ3n) is 3.20. The van der Waals surface area contributed by atoms with Gasteiger partial charge < -0.3 is 20.1 Å². The van der Waals surface area contributed by atoms with Crippen molar-refractivity contribution in [1.29, 1.82) is 0 Å². The molecule has 2 N–H and O–H groups in total. The first kappa shape index (κ1) is 17.0. The minimum atomic E-state index is -0.236. The zero-order valence-corrected chi connectivity index (χ0v) is 12.9. The number of benzene rings is 1. The smallest absolute Gasteiger partial charge is 0.251 e. The average molecular weight is 290 g/mol. The van der Waals surface area contributed by atoms with Crippen molar-refractivity contribution >= 4 is 5.91 Å². The number of carbonyl (C=O) groups excluding carboxylic acids is 1. The first-order chi connectivity index (χ1) is 9.99. The number of nitrogens with zero attached hydrogens (tertiary/aromatic N) is 1. The maximum atomic E-state index is 12.1. The summed E-state index contributed by atoms with van der Waals surface area (Å²) in [4.78, 5) is 14.2. The van der Waals surface area contributed by atoms with E-state index in [1.165, 1.54) is 7.11 Å². The molecule has 0 bridgehead atoms. The predicted molar refractivity (Wildman–Crippen MR) is 82.4 cm³/mol. The van der Waals surface area contributed by atoms with Gasteiger partial charge in [0.25, 0.3) is 5.91 Å². The van der Waals surface area contributed by atoms with E-state index >= 15 is 0 Å². The standard InChI is InChI=1S/C16H22N2O3/c1-12(18(2)3)11-17-16(20)14-7-8-15(21-4)13(10-14)6-5-9-19/h7-8,10,12,19H,9,11H2,1-4H3,(H,17,20). The van der Waals surface area contributed by atoms with E-state index in [-0.39, 0.29) is 18.6 Å². The molecule has 0 heterocycles. The maximum absolute atomic E-state index is 12.1. The Morgan fingerprint density at radius 3 is 2.76 bits per heavy atom. The molecular formula is C16H22N2O3. The summed E-state index contributed by atoms with van der Waals surface area (Å²) in [6.07, 6.45) is 0. The maximum Gasteiger partial charge on any atom is 0.251 e. The fourth-order valence-corrected chi connectivity index (χ4v) is 1.61. The van der Waals surface area contributed by atoms with Crippen LogP contribution in [0.2, 0.25) is 0 Å². The van der Waals surface area contributed by atoms with Crippen LogP contribution in [-0.4, -0.2) is 56.3 Å². The van der Waals surface area contributed by atoms with Crippen LogP contribution in [0.4, 0.5) is 0 Å². The van der Waals surface area contributed by atoms with Gasteiger partial charge in [0, 0.05) is 18.2 Å². The van der Waals surface area contributed by atoms with E-state index in [1.54, 1.807) is 18.2 Å². The molecule has 0 aliphatic rings. The van der Waals surface area contributed by atoms with Gasteiger partial charge in [-0.1, -0.05) is 11.8 Å². The van der Waals surface area contributed by atoms with Crippen LogP contribution < -0.4 is 10.1 Å². The lowest BCUT2D eigenvalue weighted by atomic mass is 10.1. The quantitative estimate of drug-likeness (QED) is 0.785. The lowest BCUT2D eigenvalue weighted by molar-refractivity contribution is 0.0943. The number of likely N-dealkylation sites (N-methyl/N-ethyl adjacent to an activating group) is 1. The van der Waals surface area contributed by atoms with Gasteiger partial charge in [0.1, 0.15) is 12.4 Å². The second-order valence-electron chi connectivity index (χ2n) is 4.90. The molecule has 1 unspecified atom stereocenters. The van der Waals surface area contributed by atoms with E-state index in [0.29, 0.717) is 23.4 Å². The molecule has 0 saturated carbocycles. The van der Waals surface area contributed by atoms with E-state index < -0.39 is 0 Å². The largest absolute Gasteiger partial charge is 0.495 e.